The third-order valence-corrected chi connectivity index (χ3v) is 5.48. The fraction of sp³-hybridized carbons (Fsp3) is 0.0833. The summed E-state index contributed by atoms with van der Waals surface area (Å²) in [6.07, 6.45) is 1.30. The molecule has 3 aromatic rings. The maximum Gasteiger partial charge on any atom is 0.289 e. The smallest absolute Gasteiger partial charge is 0.289 e. The molecule has 0 aromatic heterocycles. The Labute approximate surface area is 215 Å². The molecule has 1 N–H and O–H groups in total. The van der Waals surface area contributed by atoms with E-state index in [0.717, 1.165) is 11.6 Å². The normalized spacial score (nSPS) is 10.9. The summed E-state index contributed by atoms with van der Waals surface area (Å²) in [5, 5.41) is 23.7. The number of hydrogen-bond donors (Lipinski definition) is 1. The minimum Gasteiger partial charge on any atom is -0.493 e. The second-order valence-corrected chi connectivity index (χ2v) is 8.25. The Balaban J connectivity index is 1.82. The van der Waals surface area contributed by atoms with Crippen LogP contribution in [0, 0.1) is 21.4 Å². The topological polar surface area (TPSA) is 114 Å². The molecule has 178 valence electrons. The van der Waals surface area contributed by atoms with Crippen LogP contribution in [0.25, 0.3) is 6.08 Å². The third-order valence-electron chi connectivity index (χ3n) is 4.62. The summed E-state index contributed by atoms with van der Waals surface area (Å²) in [6, 6.07) is 15.7. The average Bonchev–Trinajstić information content (AvgIpc) is 2.83. The minimum atomic E-state index is -0.776. The van der Waals surface area contributed by atoms with Gasteiger partial charge < -0.3 is 14.8 Å². The fourth-order valence-corrected chi connectivity index (χ4v) is 3.53. The summed E-state index contributed by atoms with van der Waals surface area (Å²) >= 11 is 18.1. The molecule has 0 heterocycles. The Morgan fingerprint density at radius 2 is 1.83 bits per heavy atom. The Morgan fingerprint density at radius 1 is 1.11 bits per heavy atom. The van der Waals surface area contributed by atoms with Gasteiger partial charge in [0.2, 0.25) is 0 Å². The van der Waals surface area contributed by atoms with E-state index in [4.69, 9.17) is 44.3 Å². The second-order valence-electron chi connectivity index (χ2n) is 7.00. The first-order valence-corrected chi connectivity index (χ1v) is 11.0. The van der Waals surface area contributed by atoms with Crippen molar-refractivity contribution in [1.82, 2.24) is 0 Å². The van der Waals surface area contributed by atoms with Gasteiger partial charge >= 0.3 is 0 Å². The number of amides is 1. The standard InChI is InChI=1S/C24H16Cl3N3O5/c1-34-22-10-15(9-20(27)23(22)35-13-14-2-4-17(25)5-3-14)8-16(12-28)24(31)29-18-6-7-19(26)21(11-18)30(32)33/h2-11H,13H2,1H3,(H,29,31)/b16-8+. The number of nitriles is 1. The van der Waals surface area contributed by atoms with Crippen molar-refractivity contribution in [2.75, 3.05) is 12.4 Å². The number of benzene rings is 3. The molecule has 0 spiro atoms. The van der Waals surface area contributed by atoms with Crippen LogP contribution in [-0.4, -0.2) is 17.9 Å². The van der Waals surface area contributed by atoms with Crippen molar-refractivity contribution in [2.45, 2.75) is 6.61 Å². The summed E-state index contributed by atoms with van der Waals surface area (Å²) in [7, 11) is 1.43. The summed E-state index contributed by atoms with van der Waals surface area (Å²) in [5.41, 5.74) is 0.726. The van der Waals surface area contributed by atoms with Gasteiger partial charge in [0.25, 0.3) is 11.6 Å². The molecule has 0 unspecified atom stereocenters. The van der Waals surface area contributed by atoms with E-state index >= 15 is 0 Å². The number of ether oxygens (including phenoxy) is 2. The van der Waals surface area contributed by atoms with Crippen molar-refractivity contribution in [2.24, 2.45) is 0 Å². The van der Waals surface area contributed by atoms with Gasteiger partial charge in [0.05, 0.1) is 17.1 Å². The number of rotatable bonds is 8. The highest BCUT2D eigenvalue weighted by molar-refractivity contribution is 6.33. The predicted octanol–water partition coefficient (Wildman–Crippen LogP) is 6.69. The van der Waals surface area contributed by atoms with Crippen molar-refractivity contribution in [3.63, 3.8) is 0 Å². The van der Waals surface area contributed by atoms with E-state index in [2.05, 4.69) is 5.32 Å². The highest BCUT2D eigenvalue weighted by Crippen LogP contribution is 2.37. The zero-order valence-electron chi connectivity index (χ0n) is 18.1. The number of nitro groups is 1. The van der Waals surface area contributed by atoms with Crippen LogP contribution in [0.4, 0.5) is 11.4 Å². The van der Waals surface area contributed by atoms with E-state index in [1.165, 1.54) is 31.4 Å². The number of nitrogens with zero attached hydrogens (tertiary/aromatic N) is 2. The van der Waals surface area contributed by atoms with Crippen molar-refractivity contribution in [3.05, 3.63) is 96.5 Å². The molecule has 0 aliphatic carbocycles. The number of nitro benzene ring substituents is 1. The second kappa shape index (κ2) is 11.6. The fourth-order valence-electron chi connectivity index (χ4n) is 2.94. The molecule has 0 aliphatic rings. The van der Waals surface area contributed by atoms with Crippen LogP contribution in [0.15, 0.2) is 60.2 Å². The number of carbonyl (C=O) groups is 1. The highest BCUT2D eigenvalue weighted by atomic mass is 35.5. The summed E-state index contributed by atoms with van der Waals surface area (Å²) in [4.78, 5) is 23.0. The molecular weight excluding hydrogens is 517 g/mol. The number of carbonyl (C=O) groups excluding carboxylic acids is 1. The lowest BCUT2D eigenvalue weighted by Crippen LogP contribution is -2.13. The zero-order chi connectivity index (χ0) is 25.5. The van der Waals surface area contributed by atoms with Gasteiger partial charge in [-0.2, -0.15) is 5.26 Å². The molecule has 3 rings (SSSR count). The van der Waals surface area contributed by atoms with Crippen LogP contribution < -0.4 is 14.8 Å². The van der Waals surface area contributed by atoms with Gasteiger partial charge in [-0.15, -0.1) is 0 Å². The molecule has 0 saturated carbocycles. The number of halogens is 3. The number of hydrogen-bond acceptors (Lipinski definition) is 6. The van der Waals surface area contributed by atoms with Crippen molar-refractivity contribution < 1.29 is 19.2 Å². The SMILES string of the molecule is COc1cc(/C=C(\C#N)C(=O)Nc2ccc(Cl)c([N+](=O)[O-])c2)cc(Cl)c1OCc1ccc(Cl)cc1. The molecule has 0 radical (unpaired) electrons. The quantitative estimate of drug-likeness (QED) is 0.150. The van der Waals surface area contributed by atoms with Crippen molar-refractivity contribution in [3.8, 4) is 17.6 Å². The summed E-state index contributed by atoms with van der Waals surface area (Å²) < 4.78 is 11.2. The summed E-state index contributed by atoms with van der Waals surface area (Å²) in [5.74, 6) is -0.191. The number of nitrogens with one attached hydrogen (secondary N) is 1. The van der Waals surface area contributed by atoms with E-state index in [0.29, 0.717) is 16.3 Å². The molecule has 0 atom stereocenters. The Bertz CT molecular complexity index is 1350. The van der Waals surface area contributed by atoms with Gasteiger partial charge in [-0.3, -0.25) is 14.9 Å². The highest BCUT2D eigenvalue weighted by Gasteiger charge is 2.17. The molecule has 0 saturated heterocycles. The number of anilines is 1. The van der Waals surface area contributed by atoms with Crippen LogP contribution in [-0.2, 0) is 11.4 Å². The largest absolute Gasteiger partial charge is 0.493 e. The first-order valence-electron chi connectivity index (χ1n) is 9.83. The monoisotopic (exact) mass is 531 g/mol. The van der Waals surface area contributed by atoms with Crippen LogP contribution in [0.5, 0.6) is 11.5 Å². The van der Waals surface area contributed by atoms with Gasteiger partial charge in [0.15, 0.2) is 11.5 Å². The van der Waals surface area contributed by atoms with Crippen LogP contribution in [0.1, 0.15) is 11.1 Å². The first-order chi connectivity index (χ1) is 16.7. The van der Waals surface area contributed by atoms with Crippen LogP contribution in [0.2, 0.25) is 15.1 Å². The average molecular weight is 533 g/mol. The van der Waals surface area contributed by atoms with Gasteiger partial charge in [0.1, 0.15) is 23.3 Å². The Hall–Kier alpha value is -3.77. The lowest BCUT2D eigenvalue weighted by Gasteiger charge is -2.14. The number of methoxy groups -OCH3 is 1. The molecular formula is C24H16Cl3N3O5. The van der Waals surface area contributed by atoms with Crippen molar-refractivity contribution in [1.29, 1.82) is 5.26 Å². The van der Waals surface area contributed by atoms with E-state index in [1.807, 2.05) is 12.1 Å². The third kappa shape index (κ3) is 6.64. The maximum atomic E-state index is 12.6. The molecule has 0 bridgehead atoms. The van der Waals surface area contributed by atoms with Gasteiger partial charge in [-0.1, -0.05) is 46.9 Å². The van der Waals surface area contributed by atoms with E-state index < -0.39 is 10.8 Å². The molecule has 35 heavy (non-hydrogen) atoms. The molecule has 1 amide bonds. The summed E-state index contributed by atoms with van der Waals surface area (Å²) in [6.45, 7) is 0.210. The predicted molar refractivity (Wildman–Crippen MR) is 134 cm³/mol. The Morgan fingerprint density at radius 3 is 2.46 bits per heavy atom. The molecule has 3 aromatic carbocycles. The lowest BCUT2D eigenvalue weighted by atomic mass is 10.1. The molecule has 0 aliphatic heterocycles. The minimum absolute atomic E-state index is 0.0795. The van der Waals surface area contributed by atoms with E-state index in [-0.39, 0.29) is 39.3 Å². The van der Waals surface area contributed by atoms with Gasteiger partial charge in [-0.05, 0) is 53.6 Å². The lowest BCUT2D eigenvalue weighted by molar-refractivity contribution is -0.384. The van der Waals surface area contributed by atoms with E-state index in [9.17, 15) is 20.2 Å². The zero-order valence-corrected chi connectivity index (χ0v) is 20.3. The molecule has 11 heteroatoms. The van der Waals surface area contributed by atoms with Crippen molar-refractivity contribution >= 4 is 58.2 Å². The Kier molecular flexibility index (Phi) is 8.55. The van der Waals surface area contributed by atoms with Crippen LogP contribution >= 0.6 is 34.8 Å². The first kappa shape index (κ1) is 25.8. The maximum absolute atomic E-state index is 12.6. The van der Waals surface area contributed by atoms with Crippen LogP contribution in [0.3, 0.4) is 0 Å². The molecule has 8 nitrogen and oxygen atoms in total. The van der Waals surface area contributed by atoms with Gasteiger partial charge in [-0.25, -0.2) is 0 Å². The van der Waals surface area contributed by atoms with Gasteiger partial charge in [0, 0.05) is 16.8 Å². The molecule has 0 fully saturated rings. The van der Waals surface area contributed by atoms with E-state index in [1.54, 1.807) is 24.3 Å².